The highest BCUT2D eigenvalue weighted by molar-refractivity contribution is 5.92. The first-order chi connectivity index (χ1) is 8.58. The van der Waals surface area contributed by atoms with Gasteiger partial charge >= 0.3 is 5.97 Å². The molecule has 0 aliphatic rings. The fraction of sp³-hybridized carbons (Fsp3) is 0.333. The van der Waals surface area contributed by atoms with Crippen molar-refractivity contribution in [2.45, 2.75) is 6.54 Å². The molecule has 0 saturated carbocycles. The predicted molar refractivity (Wildman–Crippen MR) is 65.2 cm³/mol. The average molecular weight is 252 g/mol. The van der Waals surface area contributed by atoms with Gasteiger partial charge in [-0.25, -0.2) is 4.79 Å². The SMILES string of the molecule is COC(=O)c1cc(CNCC(N)=O)ccc1OC. The molecule has 0 unspecified atom stereocenters. The van der Waals surface area contributed by atoms with E-state index in [1.54, 1.807) is 18.2 Å². The van der Waals surface area contributed by atoms with Crippen LogP contribution in [0.3, 0.4) is 0 Å². The van der Waals surface area contributed by atoms with Crippen LogP contribution >= 0.6 is 0 Å². The monoisotopic (exact) mass is 252 g/mol. The highest BCUT2D eigenvalue weighted by Crippen LogP contribution is 2.20. The molecule has 0 aliphatic heterocycles. The number of primary amides is 1. The summed E-state index contributed by atoms with van der Waals surface area (Å²) in [5, 5.41) is 2.86. The van der Waals surface area contributed by atoms with E-state index in [4.69, 9.17) is 10.5 Å². The Morgan fingerprint density at radius 3 is 2.61 bits per heavy atom. The first kappa shape index (κ1) is 14.0. The minimum absolute atomic E-state index is 0.0829. The Kier molecular flexibility index (Phi) is 5.13. The van der Waals surface area contributed by atoms with Gasteiger partial charge in [0.05, 0.1) is 20.8 Å². The lowest BCUT2D eigenvalue weighted by molar-refractivity contribution is -0.117. The van der Waals surface area contributed by atoms with Gasteiger partial charge in [-0.05, 0) is 17.7 Å². The Labute approximate surface area is 105 Å². The van der Waals surface area contributed by atoms with E-state index >= 15 is 0 Å². The summed E-state index contributed by atoms with van der Waals surface area (Å²) in [5.74, 6) is -0.458. The Morgan fingerprint density at radius 2 is 2.06 bits per heavy atom. The van der Waals surface area contributed by atoms with Gasteiger partial charge in [-0.1, -0.05) is 6.07 Å². The van der Waals surface area contributed by atoms with Gasteiger partial charge in [-0.2, -0.15) is 0 Å². The van der Waals surface area contributed by atoms with Crippen molar-refractivity contribution >= 4 is 11.9 Å². The fourth-order valence-corrected chi connectivity index (χ4v) is 1.46. The number of methoxy groups -OCH3 is 2. The van der Waals surface area contributed by atoms with Gasteiger partial charge in [-0.15, -0.1) is 0 Å². The van der Waals surface area contributed by atoms with E-state index in [1.165, 1.54) is 14.2 Å². The summed E-state index contributed by atoms with van der Waals surface area (Å²) in [4.78, 5) is 22.1. The van der Waals surface area contributed by atoms with E-state index in [1.807, 2.05) is 0 Å². The molecule has 1 aromatic carbocycles. The van der Waals surface area contributed by atoms with Crippen molar-refractivity contribution in [3.8, 4) is 5.75 Å². The molecule has 0 radical (unpaired) electrons. The lowest BCUT2D eigenvalue weighted by Crippen LogP contribution is -2.28. The van der Waals surface area contributed by atoms with E-state index in [0.29, 0.717) is 17.9 Å². The smallest absolute Gasteiger partial charge is 0.341 e. The number of benzene rings is 1. The van der Waals surface area contributed by atoms with E-state index < -0.39 is 11.9 Å². The molecule has 6 heteroatoms. The van der Waals surface area contributed by atoms with E-state index in [-0.39, 0.29) is 6.54 Å². The van der Waals surface area contributed by atoms with Crippen molar-refractivity contribution < 1.29 is 19.1 Å². The van der Waals surface area contributed by atoms with Crippen LogP contribution in [0.15, 0.2) is 18.2 Å². The molecule has 18 heavy (non-hydrogen) atoms. The molecule has 0 spiro atoms. The number of carbonyl (C=O) groups is 2. The predicted octanol–water partition coefficient (Wildman–Crippen LogP) is 0.0567. The van der Waals surface area contributed by atoms with Gasteiger partial charge in [0.25, 0.3) is 0 Å². The van der Waals surface area contributed by atoms with Gasteiger partial charge in [0.1, 0.15) is 11.3 Å². The molecule has 0 aliphatic carbocycles. The minimum Gasteiger partial charge on any atom is -0.496 e. The maximum absolute atomic E-state index is 11.5. The molecule has 0 heterocycles. The van der Waals surface area contributed by atoms with E-state index in [0.717, 1.165) is 5.56 Å². The van der Waals surface area contributed by atoms with Crippen LogP contribution < -0.4 is 15.8 Å². The van der Waals surface area contributed by atoms with Crippen LogP contribution in [0, 0.1) is 0 Å². The third kappa shape index (κ3) is 3.74. The second kappa shape index (κ2) is 6.61. The second-order valence-electron chi connectivity index (χ2n) is 3.60. The normalized spacial score (nSPS) is 9.89. The summed E-state index contributed by atoms with van der Waals surface area (Å²) in [7, 11) is 2.78. The van der Waals surface area contributed by atoms with Crippen LogP contribution in [-0.2, 0) is 16.1 Å². The number of nitrogens with one attached hydrogen (secondary N) is 1. The van der Waals surface area contributed by atoms with Gasteiger partial charge in [-0.3, -0.25) is 4.79 Å². The van der Waals surface area contributed by atoms with Crippen LogP contribution in [-0.4, -0.2) is 32.6 Å². The Hall–Kier alpha value is -2.08. The summed E-state index contributed by atoms with van der Waals surface area (Å²) < 4.78 is 9.73. The Morgan fingerprint density at radius 1 is 1.33 bits per heavy atom. The van der Waals surface area contributed by atoms with Crippen molar-refractivity contribution in [3.63, 3.8) is 0 Å². The van der Waals surface area contributed by atoms with E-state index in [9.17, 15) is 9.59 Å². The molecule has 1 aromatic rings. The number of ether oxygens (including phenoxy) is 2. The van der Waals surface area contributed by atoms with Crippen LogP contribution in [0.2, 0.25) is 0 Å². The fourth-order valence-electron chi connectivity index (χ4n) is 1.46. The van der Waals surface area contributed by atoms with Crippen molar-refractivity contribution in [2.75, 3.05) is 20.8 Å². The number of nitrogens with two attached hydrogens (primary N) is 1. The largest absolute Gasteiger partial charge is 0.496 e. The topological polar surface area (TPSA) is 90.6 Å². The van der Waals surface area contributed by atoms with Crippen molar-refractivity contribution in [1.29, 1.82) is 0 Å². The molecule has 0 saturated heterocycles. The third-order valence-corrected chi connectivity index (χ3v) is 2.30. The van der Waals surface area contributed by atoms with Gasteiger partial charge in [0.2, 0.25) is 5.91 Å². The zero-order chi connectivity index (χ0) is 13.5. The molecule has 98 valence electrons. The quantitative estimate of drug-likeness (QED) is 0.698. The summed E-state index contributed by atoms with van der Waals surface area (Å²) in [5.41, 5.74) is 6.18. The number of hydrogen-bond donors (Lipinski definition) is 2. The summed E-state index contributed by atoms with van der Waals surface area (Å²) in [6, 6.07) is 5.12. The second-order valence-corrected chi connectivity index (χ2v) is 3.60. The number of hydrogen-bond acceptors (Lipinski definition) is 5. The van der Waals surface area contributed by atoms with Gasteiger partial charge < -0.3 is 20.5 Å². The zero-order valence-electron chi connectivity index (χ0n) is 10.4. The molecular weight excluding hydrogens is 236 g/mol. The molecular formula is C12H16N2O4. The number of esters is 1. The minimum atomic E-state index is -0.469. The summed E-state index contributed by atoms with van der Waals surface area (Å²) >= 11 is 0. The first-order valence-electron chi connectivity index (χ1n) is 5.32. The molecule has 3 N–H and O–H groups in total. The maximum atomic E-state index is 11.5. The molecule has 1 amide bonds. The zero-order valence-corrected chi connectivity index (χ0v) is 10.4. The van der Waals surface area contributed by atoms with Crippen molar-refractivity contribution in [3.05, 3.63) is 29.3 Å². The molecule has 0 fully saturated rings. The molecule has 6 nitrogen and oxygen atoms in total. The van der Waals surface area contributed by atoms with Crippen LogP contribution in [0.4, 0.5) is 0 Å². The van der Waals surface area contributed by atoms with Crippen molar-refractivity contribution in [1.82, 2.24) is 5.32 Å². The van der Waals surface area contributed by atoms with Crippen molar-refractivity contribution in [2.24, 2.45) is 5.73 Å². The average Bonchev–Trinajstić information content (AvgIpc) is 2.37. The maximum Gasteiger partial charge on any atom is 0.341 e. The lowest BCUT2D eigenvalue weighted by Gasteiger charge is -2.09. The highest BCUT2D eigenvalue weighted by Gasteiger charge is 2.13. The van der Waals surface area contributed by atoms with Crippen LogP contribution in [0.5, 0.6) is 5.75 Å². The Balaban J connectivity index is 2.82. The molecule has 0 bridgehead atoms. The molecule has 0 aromatic heterocycles. The van der Waals surface area contributed by atoms with E-state index in [2.05, 4.69) is 10.1 Å². The third-order valence-electron chi connectivity index (χ3n) is 2.30. The number of amides is 1. The van der Waals surface area contributed by atoms with Crippen LogP contribution in [0.1, 0.15) is 15.9 Å². The summed E-state index contributed by atoms with van der Waals surface area (Å²) in [6.07, 6.45) is 0. The lowest BCUT2D eigenvalue weighted by atomic mass is 10.1. The van der Waals surface area contributed by atoms with Crippen LogP contribution in [0.25, 0.3) is 0 Å². The van der Waals surface area contributed by atoms with Gasteiger partial charge in [0, 0.05) is 6.54 Å². The van der Waals surface area contributed by atoms with Gasteiger partial charge in [0.15, 0.2) is 0 Å². The number of carbonyl (C=O) groups excluding carboxylic acids is 2. The first-order valence-corrected chi connectivity index (χ1v) is 5.32. The summed E-state index contributed by atoms with van der Waals surface area (Å²) in [6.45, 7) is 0.510. The highest BCUT2D eigenvalue weighted by atomic mass is 16.5. The Bertz CT molecular complexity index is 446. The molecule has 0 atom stereocenters. The number of rotatable bonds is 6. The standard InChI is InChI=1S/C12H16N2O4/c1-17-10-4-3-8(6-14-7-11(13)15)5-9(10)12(16)18-2/h3-5,14H,6-7H2,1-2H3,(H2,13,15). The molecule has 1 rings (SSSR count).